The van der Waals surface area contributed by atoms with Gasteiger partial charge in [-0.2, -0.15) is 22.0 Å². The largest absolute Gasteiger partial charge is 0.463 e. The molecule has 0 saturated heterocycles. The van der Waals surface area contributed by atoms with E-state index in [9.17, 15) is 26.7 Å². The second kappa shape index (κ2) is 5.61. The van der Waals surface area contributed by atoms with Gasteiger partial charge in [0.1, 0.15) is 0 Å². The van der Waals surface area contributed by atoms with E-state index in [-0.39, 0.29) is 12.5 Å². The molecule has 0 heterocycles. The summed E-state index contributed by atoms with van der Waals surface area (Å²) in [6.45, 7) is 2.99. The molecule has 102 valence electrons. The minimum absolute atomic E-state index is 0.142. The Balaban J connectivity index is 4.72. The summed E-state index contributed by atoms with van der Waals surface area (Å²) >= 11 is 0. The zero-order valence-electron chi connectivity index (χ0n) is 9.57. The van der Waals surface area contributed by atoms with Crippen LogP contribution in [0, 0.1) is 5.92 Å². The van der Waals surface area contributed by atoms with Crippen LogP contribution in [0.5, 0.6) is 0 Å². The van der Waals surface area contributed by atoms with Crippen LogP contribution in [0.25, 0.3) is 0 Å². The topological polar surface area (TPSA) is 38.3 Å². The fourth-order valence-corrected chi connectivity index (χ4v) is 0.968. The summed E-state index contributed by atoms with van der Waals surface area (Å²) in [7, 11) is 1.25. The van der Waals surface area contributed by atoms with Gasteiger partial charge in [0.25, 0.3) is 0 Å². The molecule has 0 aliphatic rings. The van der Waals surface area contributed by atoms with Crippen LogP contribution in [0.2, 0.25) is 0 Å². The maximum atomic E-state index is 12.6. The lowest BCUT2D eigenvalue weighted by Gasteiger charge is -2.25. The van der Waals surface area contributed by atoms with E-state index in [1.807, 2.05) is 0 Å². The molecule has 0 aromatic heterocycles. The average Bonchev–Trinajstić information content (AvgIpc) is 2.14. The molecule has 0 radical (unpaired) electrons. The van der Waals surface area contributed by atoms with Gasteiger partial charge < -0.3 is 10.1 Å². The number of carbonyl (C=O) groups is 1. The van der Waals surface area contributed by atoms with E-state index in [2.05, 4.69) is 4.74 Å². The molecule has 0 aliphatic carbocycles. The third kappa shape index (κ3) is 4.10. The van der Waals surface area contributed by atoms with E-state index in [0.29, 0.717) is 0 Å². The van der Waals surface area contributed by atoms with E-state index in [1.54, 1.807) is 19.2 Å². The van der Waals surface area contributed by atoms with Crippen molar-refractivity contribution >= 4 is 5.91 Å². The monoisotopic (exact) mass is 263 g/mol. The fourth-order valence-electron chi connectivity index (χ4n) is 0.968. The third-order valence-electron chi connectivity index (χ3n) is 2.11. The maximum Gasteiger partial charge on any atom is 0.463 e. The van der Waals surface area contributed by atoms with E-state index in [4.69, 9.17) is 0 Å². The van der Waals surface area contributed by atoms with Gasteiger partial charge in [-0.25, -0.2) is 0 Å². The standard InChI is InChI=1S/C9H14F5NO2/c1-5(2)6(4-17-3)15-7(16)8(10,11)9(12,13)14/h5-6H,4H2,1-3H3,(H,15,16). The minimum atomic E-state index is -5.90. The van der Waals surface area contributed by atoms with Crippen LogP contribution < -0.4 is 5.32 Å². The zero-order chi connectivity index (χ0) is 13.9. The van der Waals surface area contributed by atoms with E-state index < -0.39 is 24.0 Å². The number of halogens is 5. The number of rotatable bonds is 5. The Labute approximate surface area is 95.3 Å². The molecule has 0 fully saturated rings. The van der Waals surface area contributed by atoms with Gasteiger partial charge in [-0.1, -0.05) is 13.8 Å². The van der Waals surface area contributed by atoms with Crippen molar-refractivity contribution in [3.05, 3.63) is 0 Å². The Hall–Kier alpha value is -0.920. The van der Waals surface area contributed by atoms with Crippen molar-refractivity contribution in [3.63, 3.8) is 0 Å². The molecular weight excluding hydrogens is 249 g/mol. The van der Waals surface area contributed by atoms with Gasteiger partial charge in [0, 0.05) is 7.11 Å². The number of nitrogens with one attached hydrogen (secondary N) is 1. The van der Waals surface area contributed by atoms with Gasteiger partial charge in [0.05, 0.1) is 12.6 Å². The van der Waals surface area contributed by atoms with Crippen LogP contribution in [-0.2, 0) is 9.53 Å². The van der Waals surface area contributed by atoms with E-state index >= 15 is 0 Å². The third-order valence-corrected chi connectivity index (χ3v) is 2.11. The fraction of sp³-hybridized carbons (Fsp3) is 0.889. The quantitative estimate of drug-likeness (QED) is 0.770. The molecule has 8 heteroatoms. The number of ether oxygens (including phenoxy) is 1. The van der Waals surface area contributed by atoms with Crippen molar-refractivity contribution in [1.82, 2.24) is 5.32 Å². The number of hydrogen-bond donors (Lipinski definition) is 1. The molecule has 0 saturated carbocycles. The molecule has 0 spiro atoms. The Morgan fingerprint density at radius 1 is 1.24 bits per heavy atom. The predicted octanol–water partition coefficient (Wildman–Crippen LogP) is 1.97. The molecule has 1 unspecified atom stereocenters. The minimum Gasteiger partial charge on any atom is -0.383 e. The van der Waals surface area contributed by atoms with Gasteiger partial charge in [0.2, 0.25) is 0 Å². The van der Waals surface area contributed by atoms with E-state index in [1.165, 1.54) is 7.11 Å². The SMILES string of the molecule is COCC(NC(=O)C(F)(F)C(F)(F)F)C(C)C. The van der Waals surface area contributed by atoms with Gasteiger partial charge >= 0.3 is 18.0 Å². The van der Waals surface area contributed by atoms with Crippen LogP contribution in [-0.4, -0.2) is 37.8 Å². The Bertz CT molecular complexity index is 265. The normalized spacial score (nSPS) is 14.9. The molecular formula is C9H14F5NO2. The van der Waals surface area contributed by atoms with Crippen molar-refractivity contribution in [2.75, 3.05) is 13.7 Å². The molecule has 17 heavy (non-hydrogen) atoms. The summed E-state index contributed by atoms with van der Waals surface area (Å²) in [6, 6.07) is -0.902. The number of alkyl halides is 5. The molecule has 1 N–H and O–H groups in total. The van der Waals surface area contributed by atoms with Crippen molar-refractivity contribution in [2.45, 2.75) is 32.0 Å². The number of carbonyl (C=O) groups excluding carboxylic acids is 1. The highest BCUT2D eigenvalue weighted by Crippen LogP contribution is 2.35. The highest BCUT2D eigenvalue weighted by molar-refractivity contribution is 5.84. The lowest BCUT2D eigenvalue weighted by atomic mass is 10.0. The van der Waals surface area contributed by atoms with Crippen LogP contribution in [0.15, 0.2) is 0 Å². The summed E-state index contributed by atoms with van der Waals surface area (Å²) in [6.07, 6.45) is -5.90. The Morgan fingerprint density at radius 3 is 2.00 bits per heavy atom. The number of hydrogen-bond acceptors (Lipinski definition) is 2. The van der Waals surface area contributed by atoms with Crippen LogP contribution >= 0.6 is 0 Å². The van der Waals surface area contributed by atoms with Crippen molar-refractivity contribution < 1.29 is 31.5 Å². The first-order valence-electron chi connectivity index (χ1n) is 4.78. The van der Waals surface area contributed by atoms with Gasteiger partial charge in [-0.3, -0.25) is 4.79 Å². The van der Waals surface area contributed by atoms with Gasteiger partial charge in [0.15, 0.2) is 0 Å². The molecule has 0 aromatic carbocycles. The summed E-state index contributed by atoms with van der Waals surface area (Å²) in [5.41, 5.74) is 0. The molecule has 0 aromatic rings. The van der Waals surface area contributed by atoms with Crippen molar-refractivity contribution in [3.8, 4) is 0 Å². The lowest BCUT2D eigenvalue weighted by molar-refractivity contribution is -0.270. The summed E-state index contributed by atoms with van der Waals surface area (Å²) in [5.74, 6) is -8.09. The average molecular weight is 263 g/mol. The highest BCUT2D eigenvalue weighted by Gasteiger charge is 2.63. The Kier molecular flexibility index (Phi) is 5.31. The smallest absolute Gasteiger partial charge is 0.383 e. The first-order valence-corrected chi connectivity index (χ1v) is 4.78. The number of amides is 1. The predicted molar refractivity (Wildman–Crippen MR) is 49.6 cm³/mol. The summed E-state index contributed by atoms with van der Waals surface area (Å²) in [5, 5.41) is 1.63. The van der Waals surface area contributed by atoms with E-state index in [0.717, 1.165) is 0 Å². The number of methoxy groups -OCH3 is 1. The Morgan fingerprint density at radius 2 is 1.71 bits per heavy atom. The molecule has 3 nitrogen and oxygen atoms in total. The van der Waals surface area contributed by atoms with Crippen LogP contribution in [0.1, 0.15) is 13.8 Å². The van der Waals surface area contributed by atoms with Crippen LogP contribution in [0.3, 0.4) is 0 Å². The summed E-state index contributed by atoms with van der Waals surface area (Å²) < 4.78 is 65.5. The molecule has 1 atom stereocenters. The highest BCUT2D eigenvalue weighted by atomic mass is 19.4. The molecule has 0 rings (SSSR count). The van der Waals surface area contributed by atoms with Crippen LogP contribution in [0.4, 0.5) is 22.0 Å². The van der Waals surface area contributed by atoms with Crippen molar-refractivity contribution in [1.29, 1.82) is 0 Å². The lowest BCUT2D eigenvalue weighted by Crippen LogP contribution is -2.54. The molecule has 0 bridgehead atoms. The second-order valence-corrected chi connectivity index (χ2v) is 3.85. The summed E-state index contributed by atoms with van der Waals surface area (Å²) in [4.78, 5) is 10.9. The first kappa shape index (κ1) is 16.1. The van der Waals surface area contributed by atoms with Crippen molar-refractivity contribution in [2.24, 2.45) is 5.92 Å². The van der Waals surface area contributed by atoms with Gasteiger partial charge in [-0.05, 0) is 5.92 Å². The molecule has 0 aliphatic heterocycles. The maximum absolute atomic E-state index is 12.6. The van der Waals surface area contributed by atoms with Gasteiger partial charge in [-0.15, -0.1) is 0 Å². The second-order valence-electron chi connectivity index (χ2n) is 3.85. The molecule has 1 amide bonds. The zero-order valence-corrected chi connectivity index (χ0v) is 9.57. The first-order chi connectivity index (χ1) is 7.54.